The van der Waals surface area contributed by atoms with Crippen LogP contribution in [0.5, 0.6) is 0 Å². The third-order valence-corrected chi connectivity index (χ3v) is 6.38. The van der Waals surface area contributed by atoms with Gasteiger partial charge in [0.1, 0.15) is 5.58 Å². The molecule has 0 aliphatic carbocycles. The molecule has 1 saturated heterocycles. The van der Waals surface area contributed by atoms with Gasteiger partial charge < -0.3 is 4.42 Å². The molecule has 4 aromatic rings. The van der Waals surface area contributed by atoms with E-state index < -0.39 is 0 Å². The molecular weight excluding hydrogens is 396 g/mol. The highest BCUT2D eigenvalue weighted by atomic mass is 16.4. The van der Waals surface area contributed by atoms with E-state index in [4.69, 9.17) is 4.42 Å². The number of aryl methyl sites for hydroxylation is 1. The molecule has 0 radical (unpaired) electrons. The van der Waals surface area contributed by atoms with E-state index in [1.165, 1.54) is 11.1 Å². The Bertz CT molecular complexity index is 1200. The lowest BCUT2D eigenvalue weighted by molar-refractivity contribution is 0.105. The second-order valence-corrected chi connectivity index (χ2v) is 8.63. The molecule has 1 aliphatic heterocycles. The summed E-state index contributed by atoms with van der Waals surface area (Å²) in [4.78, 5) is 17.1. The highest BCUT2D eigenvalue weighted by Crippen LogP contribution is 2.30. The maximum Gasteiger partial charge on any atom is 0.336 e. The summed E-state index contributed by atoms with van der Waals surface area (Å²) < 4.78 is 5.44. The Hall–Kier alpha value is -3.21. The molecule has 4 heteroatoms. The van der Waals surface area contributed by atoms with Gasteiger partial charge in [-0.2, -0.15) is 0 Å². The van der Waals surface area contributed by atoms with Crippen molar-refractivity contribution in [2.45, 2.75) is 19.5 Å². The molecule has 1 fully saturated rings. The Balaban J connectivity index is 1.35. The van der Waals surface area contributed by atoms with Crippen molar-refractivity contribution >= 4 is 11.0 Å². The maximum atomic E-state index is 12.1. The third-order valence-electron chi connectivity index (χ3n) is 6.38. The summed E-state index contributed by atoms with van der Waals surface area (Å²) in [5, 5.41) is 1.03. The summed E-state index contributed by atoms with van der Waals surface area (Å²) in [5.41, 5.74) is 5.21. The Morgan fingerprint density at radius 2 is 1.44 bits per heavy atom. The van der Waals surface area contributed by atoms with Gasteiger partial charge >= 0.3 is 5.63 Å². The van der Waals surface area contributed by atoms with Crippen LogP contribution in [0.1, 0.15) is 28.3 Å². The van der Waals surface area contributed by atoms with Crippen molar-refractivity contribution in [2.75, 3.05) is 26.2 Å². The highest BCUT2D eigenvalue weighted by molar-refractivity contribution is 5.80. The van der Waals surface area contributed by atoms with E-state index in [9.17, 15) is 4.79 Å². The van der Waals surface area contributed by atoms with Crippen LogP contribution in [0.25, 0.3) is 11.0 Å². The van der Waals surface area contributed by atoms with E-state index >= 15 is 0 Å². The average molecular weight is 425 g/mol. The number of nitrogens with zero attached hydrogens (tertiary/aromatic N) is 2. The molecule has 2 heterocycles. The molecule has 32 heavy (non-hydrogen) atoms. The Morgan fingerprint density at radius 3 is 2.06 bits per heavy atom. The standard InChI is InChI=1S/C28H28N2O2/c1-21-12-13-25-24(19-27(31)32-26(25)18-21)20-29-14-16-30(17-15-29)28(22-8-4-2-5-9-22)23-10-6-3-7-11-23/h2-13,18-19,28H,14-17,20H2,1H3. The summed E-state index contributed by atoms with van der Waals surface area (Å²) in [6.07, 6.45) is 0. The molecular formula is C28H28N2O2. The number of rotatable bonds is 5. The molecule has 4 nitrogen and oxygen atoms in total. The molecule has 3 aromatic carbocycles. The van der Waals surface area contributed by atoms with Crippen molar-refractivity contribution in [3.63, 3.8) is 0 Å². The zero-order chi connectivity index (χ0) is 21.9. The minimum Gasteiger partial charge on any atom is -0.423 e. The van der Waals surface area contributed by atoms with Crippen LogP contribution in [0, 0.1) is 6.92 Å². The molecule has 1 aliphatic rings. The van der Waals surface area contributed by atoms with Crippen LogP contribution in [0.15, 0.2) is 94.1 Å². The zero-order valence-electron chi connectivity index (χ0n) is 18.4. The first kappa shape index (κ1) is 20.7. The van der Waals surface area contributed by atoms with Crippen molar-refractivity contribution in [1.29, 1.82) is 0 Å². The van der Waals surface area contributed by atoms with Crippen LogP contribution < -0.4 is 5.63 Å². The van der Waals surface area contributed by atoms with Crippen molar-refractivity contribution in [1.82, 2.24) is 9.80 Å². The first-order valence-electron chi connectivity index (χ1n) is 11.3. The minimum absolute atomic E-state index is 0.257. The van der Waals surface area contributed by atoms with Crippen LogP contribution in [0.4, 0.5) is 0 Å². The first-order valence-corrected chi connectivity index (χ1v) is 11.3. The van der Waals surface area contributed by atoms with Gasteiger partial charge in [0.05, 0.1) is 6.04 Å². The quantitative estimate of drug-likeness (QED) is 0.422. The van der Waals surface area contributed by atoms with Crippen molar-refractivity contribution < 1.29 is 4.42 Å². The van der Waals surface area contributed by atoms with Gasteiger partial charge in [0.2, 0.25) is 0 Å². The molecule has 1 aromatic heterocycles. The van der Waals surface area contributed by atoms with Gasteiger partial charge in [-0.15, -0.1) is 0 Å². The fraction of sp³-hybridized carbons (Fsp3) is 0.250. The van der Waals surface area contributed by atoms with Crippen LogP contribution >= 0.6 is 0 Å². The van der Waals surface area contributed by atoms with Gasteiger partial charge in [0, 0.05) is 44.2 Å². The second-order valence-electron chi connectivity index (χ2n) is 8.63. The number of benzene rings is 3. The molecule has 5 rings (SSSR count). The van der Waals surface area contributed by atoms with Crippen molar-refractivity contribution in [3.8, 4) is 0 Å². The van der Waals surface area contributed by atoms with Gasteiger partial charge in [-0.25, -0.2) is 4.79 Å². The molecule has 0 bridgehead atoms. The summed E-state index contributed by atoms with van der Waals surface area (Å²) in [6.45, 7) is 6.66. The minimum atomic E-state index is -0.273. The lowest BCUT2D eigenvalue weighted by Crippen LogP contribution is -2.47. The van der Waals surface area contributed by atoms with E-state index in [0.29, 0.717) is 5.58 Å². The number of hydrogen-bond acceptors (Lipinski definition) is 4. The Labute approximate surface area is 188 Å². The fourth-order valence-electron chi connectivity index (χ4n) is 4.77. The van der Waals surface area contributed by atoms with Gasteiger partial charge in [-0.1, -0.05) is 72.8 Å². The molecule has 0 unspecified atom stereocenters. The van der Waals surface area contributed by atoms with Gasteiger partial charge in [-0.3, -0.25) is 9.80 Å². The first-order chi connectivity index (χ1) is 15.7. The number of hydrogen-bond donors (Lipinski definition) is 0. The van der Waals surface area contributed by atoms with Crippen LogP contribution in [0.3, 0.4) is 0 Å². The third kappa shape index (κ3) is 4.38. The smallest absolute Gasteiger partial charge is 0.336 e. The van der Waals surface area contributed by atoms with E-state index in [1.54, 1.807) is 6.07 Å². The monoisotopic (exact) mass is 424 g/mol. The van der Waals surface area contributed by atoms with Crippen LogP contribution in [-0.4, -0.2) is 36.0 Å². The summed E-state index contributed by atoms with van der Waals surface area (Å²) in [5.74, 6) is 0. The second kappa shape index (κ2) is 9.11. The van der Waals surface area contributed by atoms with E-state index in [0.717, 1.165) is 49.2 Å². The van der Waals surface area contributed by atoms with E-state index in [-0.39, 0.29) is 11.7 Å². The van der Waals surface area contributed by atoms with Crippen LogP contribution in [0.2, 0.25) is 0 Å². The van der Waals surface area contributed by atoms with Gasteiger partial charge in [-0.05, 0) is 35.2 Å². The van der Waals surface area contributed by atoms with Gasteiger partial charge in [0.25, 0.3) is 0 Å². The largest absolute Gasteiger partial charge is 0.423 e. The normalized spacial score (nSPS) is 15.4. The van der Waals surface area contributed by atoms with E-state index in [1.807, 2.05) is 13.0 Å². The Morgan fingerprint density at radius 1 is 0.812 bits per heavy atom. The van der Waals surface area contributed by atoms with Crippen LogP contribution in [-0.2, 0) is 6.54 Å². The zero-order valence-corrected chi connectivity index (χ0v) is 18.4. The molecule has 0 amide bonds. The fourth-order valence-corrected chi connectivity index (χ4v) is 4.77. The summed E-state index contributed by atoms with van der Waals surface area (Å²) in [6, 6.07) is 29.5. The predicted octanol–water partition coefficient (Wildman–Crippen LogP) is 5.01. The SMILES string of the molecule is Cc1ccc2c(CN3CCN(C(c4ccccc4)c4ccccc4)CC3)cc(=O)oc2c1. The van der Waals surface area contributed by atoms with Crippen molar-refractivity contribution in [3.05, 3.63) is 118 Å². The number of fused-ring (bicyclic) bond motifs is 1. The summed E-state index contributed by atoms with van der Waals surface area (Å²) in [7, 11) is 0. The lowest BCUT2D eigenvalue weighted by Gasteiger charge is -2.40. The molecule has 0 N–H and O–H groups in total. The Kier molecular flexibility index (Phi) is 5.89. The highest BCUT2D eigenvalue weighted by Gasteiger charge is 2.26. The molecule has 0 saturated carbocycles. The summed E-state index contributed by atoms with van der Waals surface area (Å²) >= 11 is 0. The number of piperazine rings is 1. The topological polar surface area (TPSA) is 36.7 Å². The predicted molar refractivity (Wildman–Crippen MR) is 129 cm³/mol. The average Bonchev–Trinajstić information content (AvgIpc) is 2.81. The van der Waals surface area contributed by atoms with Crippen molar-refractivity contribution in [2.24, 2.45) is 0 Å². The van der Waals surface area contributed by atoms with E-state index in [2.05, 4.69) is 82.6 Å². The molecule has 0 atom stereocenters. The maximum absolute atomic E-state index is 12.1. The molecule has 0 spiro atoms. The molecule has 162 valence electrons. The van der Waals surface area contributed by atoms with Gasteiger partial charge in [0.15, 0.2) is 0 Å². The lowest BCUT2D eigenvalue weighted by atomic mass is 9.96.